The van der Waals surface area contributed by atoms with Crippen LogP contribution in [-0.4, -0.2) is 15.3 Å². The number of hydrogen-bond donors (Lipinski definition) is 1. The predicted octanol–water partition coefficient (Wildman–Crippen LogP) is 3.48. The minimum absolute atomic E-state index is 0.0650. The summed E-state index contributed by atoms with van der Waals surface area (Å²) in [5.41, 5.74) is 3.03. The molecule has 0 spiro atoms. The van der Waals surface area contributed by atoms with Gasteiger partial charge in [0.1, 0.15) is 5.65 Å². The van der Waals surface area contributed by atoms with Crippen LogP contribution in [0.4, 0.5) is 0 Å². The van der Waals surface area contributed by atoms with Gasteiger partial charge in [-0.1, -0.05) is 6.07 Å². The first-order valence-electron chi connectivity index (χ1n) is 9.32. The molecule has 4 aliphatic carbocycles. The summed E-state index contributed by atoms with van der Waals surface area (Å²) in [5.74, 6) is 2.70. The number of nitrogens with one attached hydrogen (secondary N) is 1. The number of imidazole rings is 1. The zero-order chi connectivity index (χ0) is 16.3. The molecular weight excluding hydrogens is 298 g/mol. The van der Waals surface area contributed by atoms with E-state index in [2.05, 4.69) is 29.5 Å². The van der Waals surface area contributed by atoms with Crippen molar-refractivity contribution in [1.82, 2.24) is 14.7 Å². The third-order valence-electron chi connectivity index (χ3n) is 6.60. The van der Waals surface area contributed by atoms with Gasteiger partial charge in [0.25, 0.3) is 0 Å². The normalized spacial score (nSPS) is 34.0. The number of pyridine rings is 1. The van der Waals surface area contributed by atoms with Crippen LogP contribution >= 0.6 is 0 Å². The smallest absolute Gasteiger partial charge is 0.226 e. The van der Waals surface area contributed by atoms with Gasteiger partial charge in [-0.25, -0.2) is 4.98 Å². The van der Waals surface area contributed by atoms with Crippen molar-refractivity contribution < 1.29 is 4.79 Å². The summed E-state index contributed by atoms with van der Waals surface area (Å²) in [5, 5.41) is 3.22. The lowest BCUT2D eigenvalue weighted by atomic mass is 9.49. The monoisotopic (exact) mass is 323 g/mol. The molecule has 0 unspecified atom stereocenters. The Morgan fingerprint density at radius 1 is 1.17 bits per heavy atom. The van der Waals surface area contributed by atoms with Crippen LogP contribution in [0.2, 0.25) is 0 Å². The summed E-state index contributed by atoms with van der Waals surface area (Å²) < 4.78 is 2.04. The van der Waals surface area contributed by atoms with Gasteiger partial charge in [-0.2, -0.15) is 0 Å². The number of aryl methyl sites for hydroxylation is 1. The van der Waals surface area contributed by atoms with Crippen molar-refractivity contribution in [1.29, 1.82) is 0 Å². The van der Waals surface area contributed by atoms with Crippen LogP contribution in [0.3, 0.4) is 0 Å². The van der Waals surface area contributed by atoms with Crippen molar-refractivity contribution in [3.63, 3.8) is 0 Å². The lowest BCUT2D eigenvalue weighted by Gasteiger charge is -2.55. The molecule has 4 nitrogen and oxygen atoms in total. The van der Waals surface area contributed by atoms with Crippen LogP contribution in [0.5, 0.6) is 0 Å². The van der Waals surface area contributed by atoms with E-state index < -0.39 is 0 Å². The van der Waals surface area contributed by atoms with Crippen LogP contribution in [0.1, 0.15) is 49.8 Å². The van der Waals surface area contributed by atoms with Crippen LogP contribution in [0.25, 0.3) is 5.65 Å². The second-order valence-electron chi connectivity index (χ2n) is 8.58. The molecule has 4 heteroatoms. The molecule has 4 bridgehead atoms. The molecule has 0 saturated heterocycles. The third kappa shape index (κ3) is 2.27. The van der Waals surface area contributed by atoms with Gasteiger partial charge in [-0.15, -0.1) is 0 Å². The summed E-state index contributed by atoms with van der Waals surface area (Å²) >= 11 is 0. The zero-order valence-electron chi connectivity index (χ0n) is 14.3. The minimum atomic E-state index is -0.0650. The first-order chi connectivity index (χ1) is 11.6. The van der Waals surface area contributed by atoms with Crippen molar-refractivity contribution >= 4 is 11.6 Å². The molecule has 4 fully saturated rings. The van der Waals surface area contributed by atoms with Crippen molar-refractivity contribution in [3.8, 4) is 0 Å². The number of nitrogens with zero attached hydrogens (tertiary/aromatic N) is 2. The number of amides is 1. The summed E-state index contributed by atoms with van der Waals surface area (Å²) in [4.78, 5) is 17.6. The van der Waals surface area contributed by atoms with Crippen molar-refractivity contribution in [2.45, 2.75) is 52.0 Å². The average Bonchev–Trinajstić information content (AvgIpc) is 2.93. The maximum absolute atomic E-state index is 13.0. The van der Waals surface area contributed by atoms with E-state index in [-0.39, 0.29) is 11.3 Å². The maximum Gasteiger partial charge on any atom is 0.226 e. The molecule has 4 saturated carbocycles. The van der Waals surface area contributed by atoms with Crippen LogP contribution < -0.4 is 5.32 Å². The Labute approximate surface area is 142 Å². The van der Waals surface area contributed by atoms with E-state index >= 15 is 0 Å². The molecule has 2 aromatic rings. The Hall–Kier alpha value is -1.84. The van der Waals surface area contributed by atoms with Gasteiger partial charge >= 0.3 is 0 Å². The number of aromatic nitrogens is 2. The number of fused-ring (bicyclic) bond motifs is 1. The fourth-order valence-corrected chi connectivity index (χ4v) is 5.99. The number of carbonyl (C=O) groups excluding carboxylic acids is 1. The molecule has 2 aromatic heterocycles. The second kappa shape index (κ2) is 5.08. The van der Waals surface area contributed by atoms with E-state index in [4.69, 9.17) is 0 Å². The van der Waals surface area contributed by atoms with E-state index in [0.29, 0.717) is 6.54 Å². The Balaban J connectivity index is 1.31. The number of rotatable bonds is 3. The number of hydrogen-bond acceptors (Lipinski definition) is 2. The fraction of sp³-hybridized carbons (Fsp3) is 0.600. The van der Waals surface area contributed by atoms with Gasteiger partial charge in [-0.05, 0) is 74.8 Å². The van der Waals surface area contributed by atoms with Crippen LogP contribution in [0, 0.1) is 30.1 Å². The van der Waals surface area contributed by atoms with Crippen molar-refractivity contribution in [3.05, 3.63) is 35.8 Å². The van der Waals surface area contributed by atoms with Crippen LogP contribution in [0.15, 0.2) is 24.5 Å². The van der Waals surface area contributed by atoms with Gasteiger partial charge in [0.05, 0.1) is 12.2 Å². The SMILES string of the molecule is Cc1ccc2nc(CNC(=O)C34CC5CC(CC(C5)C3)C4)cn2c1. The molecule has 0 atom stereocenters. The van der Waals surface area contributed by atoms with Gasteiger partial charge in [0.15, 0.2) is 0 Å². The molecule has 1 N–H and O–H groups in total. The highest BCUT2D eigenvalue weighted by Crippen LogP contribution is 2.60. The predicted molar refractivity (Wildman–Crippen MR) is 92.4 cm³/mol. The molecule has 0 aliphatic heterocycles. The Kier molecular flexibility index (Phi) is 3.07. The van der Waals surface area contributed by atoms with Gasteiger partial charge in [-0.3, -0.25) is 4.79 Å². The van der Waals surface area contributed by atoms with E-state index in [9.17, 15) is 4.79 Å². The van der Waals surface area contributed by atoms with E-state index in [1.165, 1.54) is 24.8 Å². The van der Waals surface area contributed by atoms with Gasteiger partial charge in [0.2, 0.25) is 5.91 Å². The summed E-state index contributed by atoms with van der Waals surface area (Å²) in [6.45, 7) is 2.62. The lowest BCUT2D eigenvalue weighted by molar-refractivity contribution is -0.146. The Morgan fingerprint density at radius 2 is 1.83 bits per heavy atom. The molecular formula is C20H25N3O. The molecule has 0 radical (unpaired) electrons. The van der Waals surface area contributed by atoms with Gasteiger partial charge < -0.3 is 9.72 Å². The molecule has 126 valence electrons. The second-order valence-corrected chi connectivity index (χ2v) is 8.58. The summed E-state index contributed by atoms with van der Waals surface area (Å²) in [7, 11) is 0. The molecule has 0 aromatic carbocycles. The Bertz CT molecular complexity index is 771. The molecule has 4 aliphatic rings. The summed E-state index contributed by atoms with van der Waals surface area (Å²) in [6, 6.07) is 4.10. The van der Waals surface area contributed by atoms with Crippen LogP contribution in [-0.2, 0) is 11.3 Å². The standard InChI is InChI=1S/C20H25N3O/c1-13-2-3-18-22-17(12-23(18)11-13)10-21-19(24)20-7-14-4-15(8-20)6-16(5-14)9-20/h2-3,11-12,14-16H,4-10H2,1H3,(H,21,24). The minimum Gasteiger partial charge on any atom is -0.350 e. The van der Waals surface area contributed by atoms with Gasteiger partial charge in [0, 0.05) is 17.8 Å². The average molecular weight is 323 g/mol. The molecule has 24 heavy (non-hydrogen) atoms. The fourth-order valence-electron chi connectivity index (χ4n) is 5.99. The van der Waals surface area contributed by atoms with E-state index in [1.807, 2.05) is 16.7 Å². The summed E-state index contributed by atoms with van der Waals surface area (Å²) in [6.07, 6.45) is 11.6. The zero-order valence-corrected chi connectivity index (χ0v) is 14.3. The highest BCUT2D eigenvalue weighted by molar-refractivity contribution is 5.83. The van der Waals surface area contributed by atoms with Crippen molar-refractivity contribution in [2.24, 2.45) is 23.2 Å². The molecule has 6 rings (SSSR count). The van der Waals surface area contributed by atoms with E-state index in [1.54, 1.807) is 0 Å². The van der Waals surface area contributed by atoms with Crippen molar-refractivity contribution in [2.75, 3.05) is 0 Å². The highest BCUT2D eigenvalue weighted by atomic mass is 16.2. The topological polar surface area (TPSA) is 46.4 Å². The Morgan fingerprint density at radius 3 is 2.50 bits per heavy atom. The largest absolute Gasteiger partial charge is 0.350 e. The lowest BCUT2D eigenvalue weighted by Crippen LogP contribution is -2.53. The van der Waals surface area contributed by atoms with E-state index in [0.717, 1.165) is 48.4 Å². The highest BCUT2D eigenvalue weighted by Gasteiger charge is 2.54. The first kappa shape index (κ1) is 14.5. The first-order valence-corrected chi connectivity index (χ1v) is 9.32. The number of carbonyl (C=O) groups is 1. The quantitative estimate of drug-likeness (QED) is 0.940. The molecule has 2 heterocycles. The third-order valence-corrected chi connectivity index (χ3v) is 6.60. The maximum atomic E-state index is 13.0. The molecule has 1 amide bonds.